The molecule has 86 valence electrons. The predicted octanol–water partition coefficient (Wildman–Crippen LogP) is 3.28. The molecule has 0 aliphatic carbocycles. The summed E-state index contributed by atoms with van der Waals surface area (Å²) in [5, 5.41) is 0. The number of hydrogen-bond acceptors (Lipinski definition) is 1. The van der Waals surface area contributed by atoms with Crippen molar-refractivity contribution < 1.29 is 17.9 Å². The van der Waals surface area contributed by atoms with Gasteiger partial charge in [0.2, 0.25) is 0 Å². The van der Waals surface area contributed by atoms with E-state index in [0.717, 1.165) is 6.07 Å². The number of terminal acetylenes is 1. The molecule has 0 aromatic heterocycles. The smallest absolute Gasteiger partial charge is 0.419 e. The molecule has 0 fully saturated rings. The van der Waals surface area contributed by atoms with Gasteiger partial charge in [0.15, 0.2) is 0 Å². The number of benzene rings is 1. The Bertz CT molecular complexity index is 402. The SMILES string of the molecule is C#CCCc1ccc(OC)c(C(F)(F)F)c1. The average Bonchev–Trinajstić information content (AvgIpc) is 2.24. The molecule has 0 atom stereocenters. The highest BCUT2D eigenvalue weighted by molar-refractivity contribution is 5.39. The number of ether oxygens (including phenoxy) is 1. The maximum Gasteiger partial charge on any atom is 0.419 e. The number of alkyl halides is 3. The van der Waals surface area contributed by atoms with Crippen LogP contribution in [-0.2, 0) is 12.6 Å². The molecule has 0 bridgehead atoms. The number of halogens is 3. The highest BCUT2D eigenvalue weighted by Crippen LogP contribution is 2.36. The summed E-state index contributed by atoms with van der Waals surface area (Å²) in [6.07, 6.45) is 1.51. The maximum atomic E-state index is 12.6. The third-order valence-corrected chi connectivity index (χ3v) is 2.13. The fraction of sp³-hybridized carbons (Fsp3) is 0.333. The van der Waals surface area contributed by atoms with E-state index in [0.29, 0.717) is 18.4 Å². The number of methoxy groups -OCH3 is 1. The molecular weight excluding hydrogens is 217 g/mol. The fourth-order valence-electron chi connectivity index (χ4n) is 1.35. The number of hydrogen-bond donors (Lipinski definition) is 0. The molecule has 16 heavy (non-hydrogen) atoms. The summed E-state index contributed by atoms with van der Waals surface area (Å²) in [4.78, 5) is 0. The van der Waals surface area contributed by atoms with Crippen LogP contribution < -0.4 is 4.74 Å². The quantitative estimate of drug-likeness (QED) is 0.721. The zero-order valence-corrected chi connectivity index (χ0v) is 8.77. The van der Waals surface area contributed by atoms with Crippen molar-refractivity contribution in [1.82, 2.24) is 0 Å². The predicted molar refractivity (Wildman–Crippen MR) is 55.2 cm³/mol. The molecule has 4 heteroatoms. The fourth-order valence-corrected chi connectivity index (χ4v) is 1.35. The van der Waals surface area contributed by atoms with E-state index in [4.69, 9.17) is 6.42 Å². The van der Waals surface area contributed by atoms with Crippen LogP contribution in [-0.4, -0.2) is 7.11 Å². The third-order valence-electron chi connectivity index (χ3n) is 2.13. The summed E-state index contributed by atoms with van der Waals surface area (Å²) in [7, 11) is 1.21. The van der Waals surface area contributed by atoms with Crippen LogP contribution in [0.1, 0.15) is 17.5 Å². The summed E-state index contributed by atoms with van der Waals surface area (Å²) >= 11 is 0. The zero-order valence-electron chi connectivity index (χ0n) is 8.77. The second kappa shape index (κ2) is 4.93. The Hall–Kier alpha value is -1.63. The minimum atomic E-state index is -4.41. The lowest BCUT2D eigenvalue weighted by atomic mass is 10.1. The van der Waals surface area contributed by atoms with Gasteiger partial charge in [-0.25, -0.2) is 0 Å². The highest BCUT2D eigenvalue weighted by Gasteiger charge is 2.34. The van der Waals surface area contributed by atoms with Crippen LogP contribution in [0.25, 0.3) is 0 Å². The molecule has 0 spiro atoms. The van der Waals surface area contributed by atoms with E-state index in [1.807, 2.05) is 0 Å². The maximum absolute atomic E-state index is 12.6. The van der Waals surface area contributed by atoms with E-state index in [2.05, 4.69) is 10.7 Å². The van der Waals surface area contributed by atoms with Gasteiger partial charge in [0.05, 0.1) is 12.7 Å². The lowest BCUT2D eigenvalue weighted by molar-refractivity contribution is -0.138. The molecule has 0 radical (unpaired) electrons. The van der Waals surface area contributed by atoms with E-state index >= 15 is 0 Å². The van der Waals surface area contributed by atoms with Crippen LogP contribution in [0.2, 0.25) is 0 Å². The first kappa shape index (κ1) is 12.4. The Balaban J connectivity index is 3.08. The van der Waals surface area contributed by atoms with Crippen LogP contribution >= 0.6 is 0 Å². The van der Waals surface area contributed by atoms with E-state index in [9.17, 15) is 13.2 Å². The molecule has 0 aliphatic heterocycles. The van der Waals surface area contributed by atoms with Crippen LogP contribution in [0.3, 0.4) is 0 Å². The summed E-state index contributed by atoms with van der Waals surface area (Å²) in [6.45, 7) is 0. The van der Waals surface area contributed by atoms with Gasteiger partial charge in [-0.15, -0.1) is 12.3 Å². The van der Waals surface area contributed by atoms with E-state index in [1.54, 1.807) is 6.07 Å². The van der Waals surface area contributed by atoms with Gasteiger partial charge in [-0.2, -0.15) is 13.2 Å². The Kier molecular flexibility index (Phi) is 3.83. The van der Waals surface area contributed by atoms with Crippen molar-refractivity contribution in [3.8, 4) is 18.1 Å². The van der Waals surface area contributed by atoms with Gasteiger partial charge >= 0.3 is 6.18 Å². The lowest BCUT2D eigenvalue weighted by Crippen LogP contribution is -2.08. The molecule has 0 unspecified atom stereocenters. The van der Waals surface area contributed by atoms with E-state index in [1.165, 1.54) is 13.2 Å². The number of aryl methyl sites for hydroxylation is 1. The minimum absolute atomic E-state index is 0.169. The molecule has 1 aromatic carbocycles. The van der Waals surface area contributed by atoms with Crippen LogP contribution in [0.15, 0.2) is 18.2 Å². The second-order valence-electron chi connectivity index (χ2n) is 3.24. The lowest BCUT2D eigenvalue weighted by Gasteiger charge is -2.13. The van der Waals surface area contributed by atoms with Crippen molar-refractivity contribution >= 4 is 0 Å². The van der Waals surface area contributed by atoms with Crippen LogP contribution in [0.4, 0.5) is 13.2 Å². The molecule has 1 aromatic rings. The van der Waals surface area contributed by atoms with Crippen molar-refractivity contribution in [2.75, 3.05) is 7.11 Å². The molecule has 1 rings (SSSR count). The van der Waals surface area contributed by atoms with Crippen LogP contribution in [0.5, 0.6) is 5.75 Å². The molecule has 0 heterocycles. The molecule has 0 saturated carbocycles. The summed E-state index contributed by atoms with van der Waals surface area (Å²) in [5.74, 6) is 2.22. The molecular formula is C12H11F3O. The van der Waals surface area contributed by atoms with E-state index in [-0.39, 0.29) is 5.75 Å². The average molecular weight is 228 g/mol. The number of rotatable bonds is 3. The Labute approximate surface area is 92.2 Å². The monoisotopic (exact) mass is 228 g/mol. The van der Waals surface area contributed by atoms with Crippen LogP contribution in [0, 0.1) is 12.3 Å². The van der Waals surface area contributed by atoms with Gasteiger partial charge in [0.25, 0.3) is 0 Å². The third kappa shape index (κ3) is 2.93. The van der Waals surface area contributed by atoms with E-state index < -0.39 is 11.7 Å². The highest BCUT2D eigenvalue weighted by atomic mass is 19.4. The normalized spacial score (nSPS) is 10.9. The standard InChI is InChI=1S/C12H11F3O/c1-3-4-5-9-6-7-11(16-2)10(8-9)12(13,14)15/h1,6-8H,4-5H2,2H3. The first-order chi connectivity index (χ1) is 7.49. The Morgan fingerprint density at radius 2 is 2.06 bits per heavy atom. The van der Waals surface area contributed by atoms with Gasteiger partial charge in [-0.3, -0.25) is 0 Å². The van der Waals surface area contributed by atoms with Gasteiger partial charge in [-0.1, -0.05) is 6.07 Å². The van der Waals surface area contributed by atoms with Gasteiger partial charge in [0, 0.05) is 6.42 Å². The van der Waals surface area contributed by atoms with Crippen molar-refractivity contribution in [2.24, 2.45) is 0 Å². The Morgan fingerprint density at radius 1 is 1.38 bits per heavy atom. The van der Waals surface area contributed by atoms with Gasteiger partial charge < -0.3 is 4.74 Å². The Morgan fingerprint density at radius 3 is 2.56 bits per heavy atom. The van der Waals surface area contributed by atoms with Crippen molar-refractivity contribution in [3.05, 3.63) is 29.3 Å². The second-order valence-corrected chi connectivity index (χ2v) is 3.24. The molecule has 0 saturated heterocycles. The molecule has 0 N–H and O–H groups in total. The topological polar surface area (TPSA) is 9.23 Å². The zero-order chi connectivity index (χ0) is 12.2. The van der Waals surface area contributed by atoms with Crippen molar-refractivity contribution in [2.45, 2.75) is 19.0 Å². The van der Waals surface area contributed by atoms with Gasteiger partial charge in [-0.05, 0) is 24.1 Å². The summed E-state index contributed by atoms with van der Waals surface area (Å²) in [6, 6.07) is 3.98. The summed E-state index contributed by atoms with van der Waals surface area (Å²) in [5.41, 5.74) is -0.199. The molecule has 1 nitrogen and oxygen atoms in total. The largest absolute Gasteiger partial charge is 0.496 e. The molecule has 0 amide bonds. The minimum Gasteiger partial charge on any atom is -0.496 e. The van der Waals surface area contributed by atoms with Crippen molar-refractivity contribution in [3.63, 3.8) is 0 Å². The van der Waals surface area contributed by atoms with Crippen molar-refractivity contribution in [1.29, 1.82) is 0 Å². The summed E-state index contributed by atoms with van der Waals surface area (Å²) < 4.78 is 42.5. The first-order valence-electron chi connectivity index (χ1n) is 4.66. The van der Waals surface area contributed by atoms with Gasteiger partial charge in [0.1, 0.15) is 5.75 Å². The molecule has 0 aliphatic rings. The first-order valence-corrected chi connectivity index (χ1v) is 4.66.